The van der Waals surface area contributed by atoms with Crippen LogP contribution in [0.2, 0.25) is 0 Å². The summed E-state index contributed by atoms with van der Waals surface area (Å²) in [6, 6.07) is 8.75. The second-order valence-electron chi connectivity index (χ2n) is 7.12. The molecule has 0 aliphatic rings. The molecule has 0 saturated heterocycles. The molecule has 8 nitrogen and oxygen atoms in total. The van der Waals surface area contributed by atoms with Gasteiger partial charge in [-0.25, -0.2) is 0 Å². The van der Waals surface area contributed by atoms with Crippen LogP contribution >= 0.6 is 15.9 Å². The number of carbonyl (C=O) groups is 2. The highest BCUT2D eigenvalue weighted by Crippen LogP contribution is 2.21. The summed E-state index contributed by atoms with van der Waals surface area (Å²) in [7, 11) is 0. The first-order valence-electron chi connectivity index (χ1n) is 9.73. The van der Waals surface area contributed by atoms with Gasteiger partial charge in [0.2, 0.25) is 5.91 Å². The monoisotopic (exact) mass is 472 g/mol. The predicted molar refractivity (Wildman–Crippen MR) is 119 cm³/mol. The van der Waals surface area contributed by atoms with Gasteiger partial charge in [-0.15, -0.1) is 0 Å². The highest BCUT2D eigenvalue weighted by Gasteiger charge is 2.18. The van der Waals surface area contributed by atoms with Crippen LogP contribution in [0.5, 0.6) is 0 Å². The minimum absolute atomic E-state index is 0.119. The lowest BCUT2D eigenvalue weighted by molar-refractivity contribution is -0.119. The van der Waals surface area contributed by atoms with Gasteiger partial charge in [0.15, 0.2) is 0 Å². The first-order valence-corrected chi connectivity index (χ1v) is 10.5. The van der Waals surface area contributed by atoms with Crippen molar-refractivity contribution in [3.8, 4) is 0 Å². The standard InChI is InChI=1S/C21H25BrN6O2/c1-5-27-18(9-10-23-27)21(30)25-17-8-6-7-16(11-17)24-20(29)13(2)12-28-15(4)19(22)14(3)26-28/h6-11,13H,5,12H2,1-4H3,(H,24,29)(H,25,30). The van der Waals surface area contributed by atoms with Crippen molar-refractivity contribution in [3.05, 3.63) is 58.1 Å². The zero-order valence-corrected chi connectivity index (χ0v) is 19.0. The average Bonchev–Trinajstić information content (AvgIpc) is 3.29. The van der Waals surface area contributed by atoms with Gasteiger partial charge in [0.05, 0.1) is 22.6 Å². The molecule has 1 atom stereocenters. The molecule has 2 heterocycles. The van der Waals surface area contributed by atoms with E-state index in [1.807, 2.05) is 32.4 Å². The summed E-state index contributed by atoms with van der Waals surface area (Å²) >= 11 is 3.51. The SMILES string of the molecule is CCn1nccc1C(=O)Nc1cccc(NC(=O)C(C)Cn2nc(C)c(Br)c2C)c1. The lowest BCUT2D eigenvalue weighted by Crippen LogP contribution is -2.25. The molecule has 0 bridgehead atoms. The van der Waals surface area contributed by atoms with Crippen LogP contribution in [0.3, 0.4) is 0 Å². The van der Waals surface area contributed by atoms with E-state index in [2.05, 4.69) is 36.8 Å². The van der Waals surface area contributed by atoms with Gasteiger partial charge in [0.1, 0.15) is 5.69 Å². The van der Waals surface area contributed by atoms with Crippen LogP contribution in [0.1, 0.15) is 35.7 Å². The summed E-state index contributed by atoms with van der Waals surface area (Å²) in [5, 5.41) is 14.3. The van der Waals surface area contributed by atoms with Gasteiger partial charge in [-0.05, 0) is 61.0 Å². The lowest BCUT2D eigenvalue weighted by atomic mass is 10.1. The van der Waals surface area contributed by atoms with Crippen molar-refractivity contribution in [2.75, 3.05) is 10.6 Å². The van der Waals surface area contributed by atoms with Crippen molar-refractivity contribution >= 4 is 39.1 Å². The summed E-state index contributed by atoms with van der Waals surface area (Å²) in [4.78, 5) is 25.1. The first-order chi connectivity index (χ1) is 14.3. The number of aromatic nitrogens is 4. The van der Waals surface area contributed by atoms with Gasteiger partial charge in [-0.2, -0.15) is 10.2 Å². The Hall–Kier alpha value is -2.94. The third-order valence-electron chi connectivity index (χ3n) is 4.82. The van der Waals surface area contributed by atoms with Gasteiger partial charge >= 0.3 is 0 Å². The topological polar surface area (TPSA) is 93.8 Å². The highest BCUT2D eigenvalue weighted by atomic mass is 79.9. The summed E-state index contributed by atoms with van der Waals surface area (Å²) in [6.07, 6.45) is 1.60. The number of carbonyl (C=O) groups excluding carboxylic acids is 2. The van der Waals surface area contributed by atoms with Gasteiger partial charge in [0, 0.05) is 29.8 Å². The second-order valence-corrected chi connectivity index (χ2v) is 7.92. The fraction of sp³-hybridized carbons (Fsp3) is 0.333. The molecule has 2 aromatic heterocycles. The Kier molecular flexibility index (Phi) is 6.71. The third kappa shape index (κ3) is 4.79. The molecule has 0 spiro atoms. The van der Waals surface area contributed by atoms with Crippen LogP contribution in [0.15, 0.2) is 41.0 Å². The number of halogens is 1. The zero-order chi connectivity index (χ0) is 21.8. The zero-order valence-electron chi connectivity index (χ0n) is 17.4. The maximum atomic E-state index is 12.7. The van der Waals surface area contributed by atoms with Gasteiger partial charge in [0.25, 0.3) is 5.91 Å². The van der Waals surface area contributed by atoms with E-state index in [1.54, 1.807) is 41.2 Å². The Bertz CT molecular complexity index is 1070. The van der Waals surface area contributed by atoms with Crippen LogP contribution < -0.4 is 10.6 Å². The fourth-order valence-electron chi connectivity index (χ4n) is 3.11. The minimum atomic E-state index is -0.285. The molecule has 2 N–H and O–H groups in total. The van der Waals surface area contributed by atoms with Crippen molar-refractivity contribution in [1.82, 2.24) is 19.6 Å². The molecule has 30 heavy (non-hydrogen) atoms. The van der Waals surface area contributed by atoms with E-state index in [-0.39, 0.29) is 17.7 Å². The smallest absolute Gasteiger partial charge is 0.273 e. The number of aryl methyl sites for hydroxylation is 2. The molecule has 1 aromatic carbocycles. The maximum Gasteiger partial charge on any atom is 0.273 e. The molecule has 0 radical (unpaired) electrons. The summed E-state index contributed by atoms with van der Waals surface area (Å²) < 4.78 is 4.42. The van der Waals surface area contributed by atoms with Crippen molar-refractivity contribution < 1.29 is 9.59 Å². The Morgan fingerprint density at radius 2 is 1.83 bits per heavy atom. The quantitative estimate of drug-likeness (QED) is 0.543. The summed E-state index contributed by atoms with van der Waals surface area (Å²) in [5.74, 6) is -0.653. The van der Waals surface area contributed by atoms with Crippen molar-refractivity contribution in [3.63, 3.8) is 0 Å². The first kappa shape index (κ1) is 21.8. The van der Waals surface area contributed by atoms with Crippen molar-refractivity contribution in [1.29, 1.82) is 0 Å². The molecule has 0 fully saturated rings. The molecule has 158 valence electrons. The molecule has 0 aliphatic carbocycles. The lowest BCUT2D eigenvalue weighted by Gasteiger charge is -2.14. The molecular weight excluding hydrogens is 448 g/mol. The predicted octanol–water partition coefficient (Wildman–Crippen LogP) is 4.01. The van der Waals surface area contributed by atoms with Gasteiger partial charge in [-0.3, -0.25) is 19.0 Å². The van der Waals surface area contributed by atoms with Gasteiger partial charge in [-0.1, -0.05) is 13.0 Å². The normalized spacial score (nSPS) is 11.9. The molecule has 2 amide bonds. The van der Waals surface area contributed by atoms with E-state index < -0.39 is 0 Å². The summed E-state index contributed by atoms with van der Waals surface area (Å²) in [5.41, 5.74) is 3.58. The molecule has 0 saturated carbocycles. The minimum Gasteiger partial charge on any atom is -0.326 e. The highest BCUT2D eigenvalue weighted by molar-refractivity contribution is 9.10. The number of anilines is 2. The molecular formula is C21H25BrN6O2. The van der Waals surface area contributed by atoms with Crippen LogP contribution in [0.25, 0.3) is 0 Å². The number of amides is 2. The molecule has 1 unspecified atom stereocenters. The van der Waals surface area contributed by atoms with Crippen molar-refractivity contribution in [2.45, 2.75) is 40.8 Å². The third-order valence-corrected chi connectivity index (χ3v) is 5.97. The van der Waals surface area contributed by atoms with E-state index in [9.17, 15) is 9.59 Å². The molecule has 9 heteroatoms. The van der Waals surface area contributed by atoms with E-state index >= 15 is 0 Å². The molecule has 3 rings (SSSR count). The number of benzene rings is 1. The fourth-order valence-corrected chi connectivity index (χ4v) is 3.39. The largest absolute Gasteiger partial charge is 0.326 e. The van der Waals surface area contributed by atoms with E-state index in [0.29, 0.717) is 30.2 Å². The Labute approximate surface area is 183 Å². The number of rotatable bonds is 7. The van der Waals surface area contributed by atoms with E-state index in [4.69, 9.17) is 0 Å². The van der Waals surface area contributed by atoms with Crippen LogP contribution in [-0.2, 0) is 17.9 Å². The van der Waals surface area contributed by atoms with Crippen LogP contribution in [0.4, 0.5) is 11.4 Å². The van der Waals surface area contributed by atoms with Crippen LogP contribution in [-0.4, -0.2) is 31.4 Å². The maximum absolute atomic E-state index is 12.7. The Balaban J connectivity index is 1.64. The Morgan fingerprint density at radius 3 is 2.47 bits per heavy atom. The number of hydrogen-bond donors (Lipinski definition) is 2. The number of hydrogen-bond acceptors (Lipinski definition) is 4. The Morgan fingerprint density at radius 1 is 1.13 bits per heavy atom. The van der Waals surface area contributed by atoms with Crippen molar-refractivity contribution in [2.24, 2.45) is 5.92 Å². The van der Waals surface area contributed by atoms with E-state index in [0.717, 1.165) is 15.9 Å². The summed E-state index contributed by atoms with van der Waals surface area (Å²) in [6.45, 7) is 8.75. The average molecular weight is 473 g/mol. The van der Waals surface area contributed by atoms with Crippen LogP contribution in [0, 0.1) is 19.8 Å². The van der Waals surface area contributed by atoms with E-state index in [1.165, 1.54) is 0 Å². The number of nitrogens with zero attached hydrogens (tertiary/aromatic N) is 4. The second kappa shape index (κ2) is 9.25. The molecule has 3 aromatic rings. The number of nitrogens with one attached hydrogen (secondary N) is 2. The molecule has 0 aliphatic heterocycles. The van der Waals surface area contributed by atoms with Gasteiger partial charge < -0.3 is 10.6 Å².